The first-order valence-corrected chi connectivity index (χ1v) is 7.24. The summed E-state index contributed by atoms with van der Waals surface area (Å²) in [5.41, 5.74) is 2.21. The zero-order valence-electron chi connectivity index (χ0n) is 13.0. The molecule has 0 aliphatic heterocycles. The van der Waals surface area contributed by atoms with Gasteiger partial charge in [0.25, 0.3) is 0 Å². The predicted molar refractivity (Wildman–Crippen MR) is 84.8 cm³/mol. The highest BCUT2D eigenvalue weighted by atomic mass is 16.5. The van der Waals surface area contributed by atoms with E-state index in [9.17, 15) is 4.79 Å². The SMILES string of the molecule is CCC(C/C=C(C)/C=C/C(=O)OC)OCc1ccccc1. The molecule has 3 nitrogen and oxygen atoms in total. The lowest BCUT2D eigenvalue weighted by Gasteiger charge is -2.14. The second-order valence-corrected chi connectivity index (χ2v) is 4.87. The van der Waals surface area contributed by atoms with Gasteiger partial charge in [0.1, 0.15) is 0 Å². The maximum Gasteiger partial charge on any atom is 0.330 e. The molecule has 0 aliphatic carbocycles. The van der Waals surface area contributed by atoms with Crippen LogP contribution in [0.5, 0.6) is 0 Å². The third-order valence-corrected chi connectivity index (χ3v) is 3.17. The molecule has 0 N–H and O–H groups in total. The number of methoxy groups -OCH3 is 1. The Bertz CT molecular complexity index is 474. The zero-order valence-corrected chi connectivity index (χ0v) is 13.0. The lowest BCUT2D eigenvalue weighted by molar-refractivity contribution is -0.134. The van der Waals surface area contributed by atoms with Crippen molar-refractivity contribution >= 4 is 5.97 Å². The Morgan fingerprint density at radius 1 is 1.24 bits per heavy atom. The largest absolute Gasteiger partial charge is 0.466 e. The van der Waals surface area contributed by atoms with Gasteiger partial charge < -0.3 is 9.47 Å². The second kappa shape index (κ2) is 9.94. The Morgan fingerprint density at radius 3 is 2.57 bits per heavy atom. The molecular formula is C18H24O3. The topological polar surface area (TPSA) is 35.5 Å². The van der Waals surface area contributed by atoms with Gasteiger partial charge >= 0.3 is 5.97 Å². The number of benzene rings is 1. The van der Waals surface area contributed by atoms with E-state index in [-0.39, 0.29) is 12.1 Å². The molecule has 0 spiro atoms. The number of ether oxygens (including phenoxy) is 2. The van der Waals surface area contributed by atoms with Crippen LogP contribution in [-0.2, 0) is 20.9 Å². The van der Waals surface area contributed by atoms with Crippen molar-refractivity contribution in [3.63, 3.8) is 0 Å². The fourth-order valence-corrected chi connectivity index (χ4v) is 1.79. The smallest absolute Gasteiger partial charge is 0.330 e. The molecule has 0 fully saturated rings. The average molecular weight is 288 g/mol. The quantitative estimate of drug-likeness (QED) is 0.411. The molecule has 0 bridgehead atoms. The van der Waals surface area contributed by atoms with Crippen molar-refractivity contribution in [1.82, 2.24) is 0 Å². The summed E-state index contributed by atoms with van der Waals surface area (Å²) in [6.07, 6.45) is 7.25. The summed E-state index contributed by atoms with van der Waals surface area (Å²) in [7, 11) is 1.37. The number of esters is 1. The van der Waals surface area contributed by atoms with Crippen LogP contribution in [0.15, 0.2) is 54.1 Å². The van der Waals surface area contributed by atoms with Crippen molar-refractivity contribution in [3.8, 4) is 0 Å². The number of hydrogen-bond donors (Lipinski definition) is 0. The number of allylic oxidation sites excluding steroid dienone is 2. The van der Waals surface area contributed by atoms with E-state index in [2.05, 4.69) is 29.9 Å². The lowest BCUT2D eigenvalue weighted by atomic mass is 10.1. The standard InChI is InChI=1S/C18H24O3/c1-4-17(21-14-16-8-6-5-7-9-16)12-10-15(2)11-13-18(19)20-3/h5-11,13,17H,4,12,14H2,1-3H3/b13-11+,15-10+. The highest BCUT2D eigenvalue weighted by molar-refractivity contribution is 5.82. The molecular weight excluding hydrogens is 264 g/mol. The van der Waals surface area contributed by atoms with Crippen molar-refractivity contribution < 1.29 is 14.3 Å². The minimum atomic E-state index is -0.338. The minimum Gasteiger partial charge on any atom is -0.466 e. The monoisotopic (exact) mass is 288 g/mol. The Hall–Kier alpha value is -1.87. The fourth-order valence-electron chi connectivity index (χ4n) is 1.79. The van der Waals surface area contributed by atoms with Crippen LogP contribution in [0, 0.1) is 0 Å². The Kier molecular flexibility index (Phi) is 8.14. The van der Waals surface area contributed by atoms with Crippen molar-refractivity contribution in [2.24, 2.45) is 0 Å². The van der Waals surface area contributed by atoms with Crippen LogP contribution in [0.2, 0.25) is 0 Å². The van der Waals surface area contributed by atoms with Crippen LogP contribution in [0.4, 0.5) is 0 Å². The first-order chi connectivity index (χ1) is 10.2. The average Bonchev–Trinajstić information content (AvgIpc) is 2.53. The Labute approximate surface area is 127 Å². The van der Waals surface area contributed by atoms with Gasteiger partial charge in [0, 0.05) is 6.08 Å². The van der Waals surface area contributed by atoms with Gasteiger partial charge in [-0.1, -0.05) is 55.0 Å². The highest BCUT2D eigenvalue weighted by Gasteiger charge is 2.05. The van der Waals surface area contributed by atoms with Gasteiger partial charge in [-0.2, -0.15) is 0 Å². The Balaban J connectivity index is 2.43. The molecule has 0 saturated heterocycles. The summed E-state index contributed by atoms with van der Waals surface area (Å²) in [5.74, 6) is -0.338. The van der Waals surface area contributed by atoms with E-state index in [0.29, 0.717) is 6.61 Å². The van der Waals surface area contributed by atoms with Crippen molar-refractivity contribution in [1.29, 1.82) is 0 Å². The van der Waals surface area contributed by atoms with Gasteiger partial charge in [0.15, 0.2) is 0 Å². The lowest BCUT2D eigenvalue weighted by Crippen LogP contribution is -2.10. The minimum absolute atomic E-state index is 0.187. The van der Waals surface area contributed by atoms with Crippen LogP contribution in [-0.4, -0.2) is 19.2 Å². The van der Waals surface area contributed by atoms with Crippen LogP contribution in [0.3, 0.4) is 0 Å². The molecule has 1 aromatic carbocycles. The molecule has 0 heterocycles. The van der Waals surface area contributed by atoms with E-state index in [0.717, 1.165) is 18.4 Å². The van der Waals surface area contributed by atoms with E-state index in [4.69, 9.17) is 4.74 Å². The third-order valence-electron chi connectivity index (χ3n) is 3.17. The molecule has 1 atom stereocenters. The summed E-state index contributed by atoms with van der Waals surface area (Å²) >= 11 is 0. The summed E-state index contributed by atoms with van der Waals surface area (Å²) in [6, 6.07) is 10.2. The van der Waals surface area contributed by atoms with E-state index >= 15 is 0 Å². The van der Waals surface area contributed by atoms with Gasteiger partial charge in [-0.3, -0.25) is 0 Å². The molecule has 1 aromatic rings. The molecule has 1 unspecified atom stereocenters. The highest BCUT2D eigenvalue weighted by Crippen LogP contribution is 2.11. The molecule has 0 saturated carbocycles. The van der Waals surface area contributed by atoms with Crippen molar-refractivity contribution in [2.45, 2.75) is 39.4 Å². The van der Waals surface area contributed by atoms with Gasteiger partial charge in [-0.15, -0.1) is 0 Å². The normalized spacial score (nSPS) is 13.4. The van der Waals surface area contributed by atoms with Gasteiger partial charge in [-0.25, -0.2) is 4.79 Å². The van der Waals surface area contributed by atoms with E-state index in [1.165, 1.54) is 18.7 Å². The molecule has 0 amide bonds. The van der Waals surface area contributed by atoms with Crippen LogP contribution < -0.4 is 0 Å². The van der Waals surface area contributed by atoms with Crippen molar-refractivity contribution in [3.05, 3.63) is 59.7 Å². The summed E-state index contributed by atoms with van der Waals surface area (Å²) in [5, 5.41) is 0. The molecule has 114 valence electrons. The molecule has 21 heavy (non-hydrogen) atoms. The summed E-state index contributed by atoms with van der Waals surface area (Å²) < 4.78 is 10.5. The van der Waals surface area contributed by atoms with E-state index in [1.807, 2.05) is 25.1 Å². The first kappa shape index (κ1) is 17.2. The third kappa shape index (κ3) is 7.47. The fraction of sp³-hybridized carbons (Fsp3) is 0.389. The number of hydrogen-bond acceptors (Lipinski definition) is 3. The Morgan fingerprint density at radius 2 is 1.95 bits per heavy atom. The maximum absolute atomic E-state index is 11.0. The van der Waals surface area contributed by atoms with E-state index in [1.54, 1.807) is 6.08 Å². The zero-order chi connectivity index (χ0) is 15.5. The van der Waals surface area contributed by atoms with E-state index < -0.39 is 0 Å². The maximum atomic E-state index is 11.0. The first-order valence-electron chi connectivity index (χ1n) is 7.24. The summed E-state index contributed by atoms with van der Waals surface area (Å²) in [6.45, 7) is 4.71. The van der Waals surface area contributed by atoms with Crippen LogP contribution >= 0.6 is 0 Å². The van der Waals surface area contributed by atoms with Gasteiger partial charge in [0.2, 0.25) is 0 Å². The van der Waals surface area contributed by atoms with Gasteiger partial charge in [0.05, 0.1) is 19.8 Å². The number of carbonyl (C=O) groups is 1. The molecule has 0 aromatic heterocycles. The van der Waals surface area contributed by atoms with Gasteiger partial charge in [-0.05, 0) is 25.3 Å². The molecule has 3 heteroatoms. The predicted octanol–water partition coefficient (Wildman–Crippen LogP) is 4.05. The molecule has 0 aliphatic rings. The molecule has 0 radical (unpaired) electrons. The van der Waals surface area contributed by atoms with Crippen LogP contribution in [0.1, 0.15) is 32.3 Å². The molecule has 1 rings (SSSR count). The summed E-state index contributed by atoms with van der Waals surface area (Å²) in [4.78, 5) is 11.0. The number of rotatable bonds is 8. The second-order valence-electron chi connectivity index (χ2n) is 4.87. The van der Waals surface area contributed by atoms with Crippen molar-refractivity contribution in [2.75, 3.05) is 7.11 Å². The van der Waals surface area contributed by atoms with Crippen LogP contribution in [0.25, 0.3) is 0 Å². The number of carbonyl (C=O) groups excluding carboxylic acids is 1.